The molecule has 1 aliphatic heterocycles. The monoisotopic (exact) mass is 269 g/mol. The third-order valence-electron chi connectivity index (χ3n) is 3.76. The van der Waals surface area contributed by atoms with Gasteiger partial charge < -0.3 is 10.5 Å². The van der Waals surface area contributed by atoms with Crippen LogP contribution in [-0.2, 0) is 13.0 Å². The lowest BCUT2D eigenvalue weighted by Crippen LogP contribution is -2.30. The predicted octanol–water partition coefficient (Wildman–Crippen LogP) is 2.83. The van der Waals surface area contributed by atoms with E-state index in [9.17, 15) is 0 Å². The third-order valence-corrected chi connectivity index (χ3v) is 3.76. The second-order valence-corrected chi connectivity index (χ2v) is 5.01. The molecule has 3 rings (SSSR count). The van der Waals surface area contributed by atoms with Gasteiger partial charge in [-0.05, 0) is 36.7 Å². The highest BCUT2D eigenvalue weighted by Crippen LogP contribution is 2.32. The molecule has 0 unspecified atom stereocenters. The van der Waals surface area contributed by atoms with E-state index in [1.54, 1.807) is 12.3 Å². The zero-order chi connectivity index (χ0) is 13.9. The fourth-order valence-corrected chi connectivity index (χ4v) is 2.59. The molecule has 0 aliphatic carbocycles. The van der Waals surface area contributed by atoms with Gasteiger partial charge in [0.1, 0.15) is 5.75 Å². The van der Waals surface area contributed by atoms with Crippen molar-refractivity contribution in [1.29, 1.82) is 0 Å². The van der Waals surface area contributed by atoms with Gasteiger partial charge in [0.2, 0.25) is 5.88 Å². The van der Waals surface area contributed by atoms with Crippen molar-refractivity contribution >= 4 is 5.69 Å². The molecule has 0 saturated heterocycles. The first kappa shape index (κ1) is 12.9. The number of hydrogen-bond donors (Lipinski definition) is 1. The zero-order valence-electron chi connectivity index (χ0n) is 11.7. The van der Waals surface area contributed by atoms with Crippen molar-refractivity contribution in [2.75, 3.05) is 18.8 Å². The number of rotatable bonds is 3. The predicted molar refractivity (Wildman–Crippen MR) is 79.8 cm³/mol. The van der Waals surface area contributed by atoms with Crippen molar-refractivity contribution in [3.05, 3.63) is 47.7 Å². The summed E-state index contributed by atoms with van der Waals surface area (Å²) in [7, 11) is 0. The van der Waals surface area contributed by atoms with Crippen LogP contribution in [0.2, 0.25) is 0 Å². The number of nitrogen functional groups attached to an aromatic ring is 1. The van der Waals surface area contributed by atoms with Gasteiger partial charge in [0, 0.05) is 24.8 Å². The SMILES string of the molecule is CCN1CCc2c(cccc2Oc2ncccc2N)C1. The molecule has 20 heavy (non-hydrogen) atoms. The second kappa shape index (κ2) is 5.51. The number of ether oxygens (including phenoxy) is 1. The molecule has 1 aromatic heterocycles. The first-order valence-corrected chi connectivity index (χ1v) is 6.99. The number of likely N-dealkylation sites (N-methyl/N-ethyl adjacent to an activating group) is 1. The van der Waals surface area contributed by atoms with Gasteiger partial charge in [-0.3, -0.25) is 4.90 Å². The number of fused-ring (bicyclic) bond motifs is 1. The van der Waals surface area contributed by atoms with Crippen molar-refractivity contribution in [3.8, 4) is 11.6 Å². The Bertz CT molecular complexity index is 612. The molecule has 2 aromatic rings. The average Bonchev–Trinajstić information content (AvgIpc) is 2.49. The summed E-state index contributed by atoms with van der Waals surface area (Å²) in [5.74, 6) is 1.36. The van der Waals surface area contributed by atoms with Crippen LogP contribution in [0.15, 0.2) is 36.5 Å². The number of aromatic nitrogens is 1. The fourth-order valence-electron chi connectivity index (χ4n) is 2.59. The van der Waals surface area contributed by atoms with E-state index >= 15 is 0 Å². The fraction of sp³-hybridized carbons (Fsp3) is 0.312. The van der Waals surface area contributed by atoms with Gasteiger partial charge in [0.15, 0.2) is 0 Å². The molecule has 4 nitrogen and oxygen atoms in total. The summed E-state index contributed by atoms with van der Waals surface area (Å²) in [6.45, 7) is 5.33. The molecule has 2 N–H and O–H groups in total. The number of nitrogens with zero attached hydrogens (tertiary/aromatic N) is 2. The van der Waals surface area contributed by atoms with Gasteiger partial charge in [-0.1, -0.05) is 19.1 Å². The van der Waals surface area contributed by atoms with E-state index in [0.29, 0.717) is 11.6 Å². The van der Waals surface area contributed by atoms with Gasteiger partial charge in [-0.25, -0.2) is 4.98 Å². The molecule has 0 fully saturated rings. The largest absolute Gasteiger partial charge is 0.437 e. The Kier molecular flexibility index (Phi) is 3.56. The van der Waals surface area contributed by atoms with E-state index in [4.69, 9.17) is 10.5 Å². The Morgan fingerprint density at radius 1 is 1.30 bits per heavy atom. The number of pyridine rings is 1. The Morgan fingerprint density at radius 3 is 3.00 bits per heavy atom. The summed E-state index contributed by atoms with van der Waals surface area (Å²) >= 11 is 0. The van der Waals surface area contributed by atoms with Crippen molar-refractivity contribution in [3.63, 3.8) is 0 Å². The number of hydrogen-bond acceptors (Lipinski definition) is 4. The first-order chi connectivity index (χ1) is 9.78. The number of nitrogens with two attached hydrogens (primary N) is 1. The smallest absolute Gasteiger partial charge is 0.242 e. The number of anilines is 1. The van der Waals surface area contributed by atoms with Gasteiger partial charge in [-0.2, -0.15) is 0 Å². The Balaban J connectivity index is 1.90. The second-order valence-electron chi connectivity index (χ2n) is 5.01. The minimum absolute atomic E-state index is 0.485. The summed E-state index contributed by atoms with van der Waals surface area (Å²) in [6, 6.07) is 9.81. The standard InChI is InChI=1S/C16H19N3O/c1-2-19-10-8-13-12(11-19)5-3-7-15(13)20-16-14(17)6-4-9-18-16/h3-7,9H,2,8,10-11,17H2,1H3. The van der Waals surface area contributed by atoms with Crippen LogP contribution >= 0.6 is 0 Å². The lowest BCUT2D eigenvalue weighted by molar-refractivity contribution is 0.265. The normalized spacial score (nSPS) is 14.8. The molecule has 0 radical (unpaired) electrons. The van der Waals surface area contributed by atoms with Crippen LogP contribution in [0.25, 0.3) is 0 Å². The highest BCUT2D eigenvalue weighted by atomic mass is 16.5. The van der Waals surface area contributed by atoms with Crippen LogP contribution in [0, 0.1) is 0 Å². The molecule has 1 aliphatic rings. The van der Waals surface area contributed by atoms with Crippen LogP contribution in [-0.4, -0.2) is 23.0 Å². The van der Waals surface area contributed by atoms with Crippen molar-refractivity contribution in [2.45, 2.75) is 19.9 Å². The van der Waals surface area contributed by atoms with Gasteiger partial charge in [-0.15, -0.1) is 0 Å². The van der Waals surface area contributed by atoms with Crippen molar-refractivity contribution in [1.82, 2.24) is 9.88 Å². The summed E-state index contributed by atoms with van der Waals surface area (Å²) in [5.41, 5.74) is 9.08. The summed E-state index contributed by atoms with van der Waals surface area (Å²) in [4.78, 5) is 6.63. The lowest BCUT2D eigenvalue weighted by atomic mass is 9.99. The van der Waals surface area contributed by atoms with Gasteiger partial charge in [0.25, 0.3) is 0 Å². The molecule has 2 heterocycles. The minimum atomic E-state index is 0.485. The zero-order valence-corrected chi connectivity index (χ0v) is 11.7. The van der Waals surface area contributed by atoms with E-state index in [1.165, 1.54) is 11.1 Å². The van der Waals surface area contributed by atoms with Crippen LogP contribution in [0.5, 0.6) is 11.6 Å². The Morgan fingerprint density at radius 2 is 2.20 bits per heavy atom. The molecule has 104 valence electrons. The molecule has 0 spiro atoms. The Labute approximate surface area is 119 Å². The topological polar surface area (TPSA) is 51.4 Å². The van der Waals surface area contributed by atoms with E-state index in [0.717, 1.165) is 31.8 Å². The maximum atomic E-state index is 5.92. The molecule has 0 amide bonds. The summed E-state index contributed by atoms with van der Waals surface area (Å²) in [6.07, 6.45) is 2.70. The van der Waals surface area contributed by atoms with E-state index in [1.807, 2.05) is 18.2 Å². The van der Waals surface area contributed by atoms with E-state index < -0.39 is 0 Å². The summed E-state index contributed by atoms with van der Waals surface area (Å²) in [5, 5.41) is 0. The first-order valence-electron chi connectivity index (χ1n) is 6.99. The van der Waals surface area contributed by atoms with Crippen LogP contribution in [0.3, 0.4) is 0 Å². The van der Waals surface area contributed by atoms with Crippen LogP contribution in [0.4, 0.5) is 5.69 Å². The quantitative estimate of drug-likeness (QED) is 0.931. The minimum Gasteiger partial charge on any atom is -0.437 e. The highest BCUT2D eigenvalue weighted by molar-refractivity contribution is 5.51. The maximum Gasteiger partial charge on any atom is 0.242 e. The highest BCUT2D eigenvalue weighted by Gasteiger charge is 2.19. The molecule has 4 heteroatoms. The molecule has 0 bridgehead atoms. The Hall–Kier alpha value is -2.07. The van der Waals surface area contributed by atoms with Gasteiger partial charge >= 0.3 is 0 Å². The van der Waals surface area contributed by atoms with Gasteiger partial charge in [0.05, 0.1) is 5.69 Å². The lowest BCUT2D eigenvalue weighted by Gasteiger charge is -2.28. The third kappa shape index (κ3) is 2.47. The van der Waals surface area contributed by atoms with Crippen LogP contribution < -0.4 is 10.5 Å². The maximum absolute atomic E-state index is 5.92. The molecular formula is C16H19N3O. The average molecular weight is 269 g/mol. The molecule has 1 aromatic carbocycles. The molecular weight excluding hydrogens is 250 g/mol. The molecule has 0 saturated carbocycles. The number of benzene rings is 1. The van der Waals surface area contributed by atoms with E-state index in [2.05, 4.69) is 22.9 Å². The van der Waals surface area contributed by atoms with Crippen molar-refractivity contribution < 1.29 is 4.74 Å². The van der Waals surface area contributed by atoms with Crippen LogP contribution in [0.1, 0.15) is 18.1 Å². The molecule has 0 atom stereocenters. The summed E-state index contributed by atoms with van der Waals surface area (Å²) < 4.78 is 5.92. The van der Waals surface area contributed by atoms with Crippen molar-refractivity contribution in [2.24, 2.45) is 0 Å². The van der Waals surface area contributed by atoms with E-state index in [-0.39, 0.29) is 0 Å².